The van der Waals surface area contributed by atoms with Gasteiger partial charge in [0.15, 0.2) is 0 Å². The van der Waals surface area contributed by atoms with Crippen LogP contribution in [0, 0.1) is 0 Å². The van der Waals surface area contributed by atoms with Crippen LogP contribution in [0.1, 0.15) is 43.5 Å². The highest BCUT2D eigenvalue weighted by Crippen LogP contribution is 2.52. The molecule has 0 amide bonds. The summed E-state index contributed by atoms with van der Waals surface area (Å²) < 4.78 is 7.90. The van der Waals surface area contributed by atoms with Crippen molar-refractivity contribution in [2.24, 2.45) is 0 Å². The van der Waals surface area contributed by atoms with Crippen LogP contribution in [0.3, 0.4) is 0 Å². The molecule has 1 aromatic heterocycles. The predicted octanol–water partition coefficient (Wildman–Crippen LogP) is 7.71. The zero-order chi connectivity index (χ0) is 22.7. The Morgan fingerprint density at radius 1 is 1.22 bits per heavy atom. The molecule has 0 N–H and O–H groups in total. The Bertz CT molecular complexity index is 1030. The molecule has 1 spiro atoms. The van der Waals surface area contributed by atoms with E-state index in [1.165, 1.54) is 5.57 Å². The van der Waals surface area contributed by atoms with E-state index in [0.717, 1.165) is 60.2 Å². The summed E-state index contributed by atoms with van der Waals surface area (Å²) in [4.78, 5) is 7.03. The number of pyridine rings is 1. The summed E-state index contributed by atoms with van der Waals surface area (Å²) in [7, 11) is 0. The molecule has 0 saturated carbocycles. The van der Waals surface area contributed by atoms with Gasteiger partial charge in [-0.1, -0.05) is 48.0 Å². The second kappa shape index (κ2) is 10.2. The molecule has 4 rings (SSSR count). The average molecular weight is 534 g/mol. The molecule has 1 aromatic carbocycles. The minimum absolute atomic E-state index is 0.213. The molecule has 32 heavy (non-hydrogen) atoms. The SMILES string of the molecule is C=C/C=C1\C(=C/C)C2(CCCN(Cc3ccc(Br)cn3)CC2)OC1c1cc(Cl)cc(Cl)c1. The number of nitrogens with zero attached hydrogens (tertiary/aromatic N) is 2. The van der Waals surface area contributed by atoms with Gasteiger partial charge in [-0.05, 0) is 95.7 Å². The molecule has 168 valence electrons. The van der Waals surface area contributed by atoms with E-state index in [-0.39, 0.29) is 11.7 Å². The van der Waals surface area contributed by atoms with Gasteiger partial charge in [0, 0.05) is 33.8 Å². The summed E-state index contributed by atoms with van der Waals surface area (Å²) in [5, 5.41) is 1.23. The standard InChI is InChI=1S/C26H27BrCl2N2O/c1-3-6-23-24(4-2)26(32-25(23)18-13-20(28)15-21(29)14-18)9-5-11-31(12-10-26)17-22-8-7-19(27)16-30-22/h3-4,6-8,13-16,25H,1,5,9-12,17H2,2H3/b23-6+,24-4+. The van der Waals surface area contributed by atoms with Crippen LogP contribution < -0.4 is 0 Å². The highest BCUT2D eigenvalue weighted by molar-refractivity contribution is 9.10. The number of ether oxygens (including phenoxy) is 1. The van der Waals surface area contributed by atoms with Crippen LogP contribution >= 0.6 is 39.1 Å². The third kappa shape index (κ3) is 5.05. The molecule has 0 aliphatic carbocycles. The van der Waals surface area contributed by atoms with Gasteiger partial charge in [0.2, 0.25) is 0 Å². The summed E-state index contributed by atoms with van der Waals surface area (Å²) >= 11 is 16.1. The Hall–Kier alpha value is -1.43. The number of allylic oxidation sites excluding steroid dienone is 3. The van der Waals surface area contributed by atoms with E-state index in [1.807, 2.05) is 30.5 Å². The number of aromatic nitrogens is 1. The van der Waals surface area contributed by atoms with Gasteiger partial charge in [-0.15, -0.1) is 0 Å². The van der Waals surface area contributed by atoms with Crippen LogP contribution in [-0.2, 0) is 11.3 Å². The zero-order valence-electron chi connectivity index (χ0n) is 18.2. The Morgan fingerprint density at radius 3 is 2.66 bits per heavy atom. The van der Waals surface area contributed by atoms with Gasteiger partial charge < -0.3 is 4.74 Å². The van der Waals surface area contributed by atoms with Crippen molar-refractivity contribution >= 4 is 39.1 Å². The predicted molar refractivity (Wildman–Crippen MR) is 136 cm³/mol. The summed E-state index contributed by atoms with van der Waals surface area (Å²) in [6, 6.07) is 9.78. The van der Waals surface area contributed by atoms with Crippen molar-refractivity contribution in [3.63, 3.8) is 0 Å². The van der Waals surface area contributed by atoms with Gasteiger partial charge in [0.05, 0.1) is 11.3 Å². The molecule has 3 nitrogen and oxygen atoms in total. The molecule has 2 fully saturated rings. The monoisotopic (exact) mass is 532 g/mol. The maximum Gasteiger partial charge on any atom is 0.109 e. The van der Waals surface area contributed by atoms with Crippen LogP contribution in [0.15, 0.2) is 77.0 Å². The van der Waals surface area contributed by atoms with Crippen molar-refractivity contribution in [3.8, 4) is 0 Å². The Labute approximate surface area is 208 Å². The first-order chi connectivity index (χ1) is 15.4. The summed E-state index contributed by atoms with van der Waals surface area (Å²) in [5.41, 5.74) is 4.13. The number of benzene rings is 1. The van der Waals surface area contributed by atoms with Crippen molar-refractivity contribution in [1.29, 1.82) is 0 Å². The second-order valence-electron chi connectivity index (χ2n) is 8.35. The lowest BCUT2D eigenvalue weighted by atomic mass is 9.83. The van der Waals surface area contributed by atoms with E-state index in [1.54, 1.807) is 6.07 Å². The number of hydrogen-bond acceptors (Lipinski definition) is 3. The fraction of sp³-hybridized carbons (Fsp3) is 0.346. The first-order valence-corrected chi connectivity index (χ1v) is 12.5. The molecular weight excluding hydrogens is 507 g/mol. The highest BCUT2D eigenvalue weighted by Gasteiger charge is 2.48. The molecule has 2 unspecified atom stereocenters. The lowest BCUT2D eigenvalue weighted by Gasteiger charge is -2.29. The quantitative estimate of drug-likeness (QED) is 0.402. The van der Waals surface area contributed by atoms with Crippen molar-refractivity contribution in [2.75, 3.05) is 13.1 Å². The van der Waals surface area contributed by atoms with Crippen molar-refractivity contribution in [2.45, 2.75) is 44.4 Å². The number of rotatable bonds is 4. The fourth-order valence-corrected chi connectivity index (χ4v) is 5.68. The smallest absolute Gasteiger partial charge is 0.109 e. The molecule has 3 heterocycles. The summed E-state index contributed by atoms with van der Waals surface area (Å²) in [6.45, 7) is 8.85. The number of halogens is 3. The van der Waals surface area contributed by atoms with Gasteiger partial charge >= 0.3 is 0 Å². The highest BCUT2D eigenvalue weighted by atomic mass is 79.9. The third-order valence-corrected chi connectivity index (χ3v) is 7.17. The molecule has 2 saturated heterocycles. The number of likely N-dealkylation sites (tertiary alicyclic amines) is 1. The second-order valence-corrected chi connectivity index (χ2v) is 10.1. The lowest BCUT2D eigenvalue weighted by Crippen LogP contribution is -2.32. The molecule has 6 heteroatoms. The molecule has 2 atom stereocenters. The van der Waals surface area contributed by atoms with Crippen molar-refractivity contribution < 1.29 is 4.74 Å². The molecule has 2 aliphatic rings. The molecule has 0 radical (unpaired) electrons. The minimum Gasteiger partial charge on any atom is -0.358 e. The topological polar surface area (TPSA) is 25.4 Å². The minimum atomic E-state index is -0.328. The lowest BCUT2D eigenvalue weighted by molar-refractivity contribution is -0.0320. The number of hydrogen-bond donors (Lipinski definition) is 0. The van der Waals surface area contributed by atoms with E-state index >= 15 is 0 Å². The van der Waals surface area contributed by atoms with Crippen LogP contribution in [0.4, 0.5) is 0 Å². The van der Waals surface area contributed by atoms with E-state index in [2.05, 4.69) is 57.5 Å². The summed E-state index contributed by atoms with van der Waals surface area (Å²) in [6.07, 6.45) is 10.7. The zero-order valence-corrected chi connectivity index (χ0v) is 21.3. The van der Waals surface area contributed by atoms with E-state index in [4.69, 9.17) is 27.9 Å². The van der Waals surface area contributed by atoms with Gasteiger partial charge in [0.25, 0.3) is 0 Å². The molecular formula is C26H27BrCl2N2O. The van der Waals surface area contributed by atoms with Crippen molar-refractivity contribution in [3.05, 3.63) is 98.3 Å². The van der Waals surface area contributed by atoms with E-state index in [0.29, 0.717) is 10.0 Å². The van der Waals surface area contributed by atoms with Crippen LogP contribution in [0.2, 0.25) is 10.0 Å². The summed E-state index contributed by atoms with van der Waals surface area (Å²) in [5.74, 6) is 0. The van der Waals surface area contributed by atoms with Gasteiger partial charge in [-0.25, -0.2) is 0 Å². The molecule has 2 aromatic rings. The van der Waals surface area contributed by atoms with E-state index < -0.39 is 0 Å². The maximum absolute atomic E-state index is 6.90. The maximum atomic E-state index is 6.90. The van der Waals surface area contributed by atoms with Crippen LogP contribution in [0.5, 0.6) is 0 Å². The molecule has 2 aliphatic heterocycles. The normalized spacial score (nSPS) is 26.7. The third-order valence-electron chi connectivity index (χ3n) is 6.26. The first-order valence-electron chi connectivity index (χ1n) is 10.9. The van der Waals surface area contributed by atoms with Crippen LogP contribution in [-0.4, -0.2) is 28.6 Å². The van der Waals surface area contributed by atoms with Gasteiger partial charge in [-0.2, -0.15) is 0 Å². The van der Waals surface area contributed by atoms with Gasteiger partial charge in [-0.3, -0.25) is 9.88 Å². The van der Waals surface area contributed by atoms with E-state index in [9.17, 15) is 0 Å². The Balaban J connectivity index is 1.60. The first kappa shape index (κ1) is 23.7. The van der Waals surface area contributed by atoms with Crippen molar-refractivity contribution in [1.82, 2.24) is 9.88 Å². The average Bonchev–Trinajstić information content (AvgIpc) is 2.91. The molecule has 0 bridgehead atoms. The van der Waals surface area contributed by atoms with Gasteiger partial charge in [0.1, 0.15) is 6.10 Å². The fourth-order valence-electron chi connectivity index (χ4n) is 4.90. The van der Waals surface area contributed by atoms with Crippen LogP contribution in [0.25, 0.3) is 0 Å². The largest absolute Gasteiger partial charge is 0.358 e. The Morgan fingerprint density at radius 2 is 2.00 bits per heavy atom. The Kier molecular flexibility index (Phi) is 7.58.